The van der Waals surface area contributed by atoms with Crippen molar-refractivity contribution in [2.45, 2.75) is 26.9 Å². The summed E-state index contributed by atoms with van der Waals surface area (Å²) >= 11 is 0. The van der Waals surface area contributed by atoms with Gasteiger partial charge in [0.25, 0.3) is 0 Å². The van der Waals surface area contributed by atoms with Gasteiger partial charge >= 0.3 is 0 Å². The van der Waals surface area contributed by atoms with Crippen molar-refractivity contribution in [2.24, 2.45) is 4.99 Å². The number of halogens is 1. The largest absolute Gasteiger partial charge is 0.439 e. The van der Waals surface area contributed by atoms with Gasteiger partial charge in [0.05, 0.1) is 12.7 Å². The molecule has 6 heteroatoms. The van der Waals surface area contributed by atoms with Gasteiger partial charge < -0.3 is 15.1 Å². The van der Waals surface area contributed by atoms with Crippen LogP contribution < -0.4 is 10.6 Å². The lowest BCUT2D eigenvalue weighted by molar-refractivity contribution is 0.497. The zero-order valence-corrected chi connectivity index (χ0v) is 15.7. The molecule has 3 rings (SSSR count). The topological polar surface area (TPSA) is 62.5 Å². The first-order chi connectivity index (χ1) is 13.0. The molecular weight excluding hydrogens is 343 g/mol. The average molecular weight is 366 g/mol. The number of rotatable bonds is 5. The number of benzene rings is 2. The number of nitrogens with one attached hydrogen (secondary N) is 2. The van der Waals surface area contributed by atoms with Crippen molar-refractivity contribution in [1.82, 2.24) is 15.6 Å². The molecular formula is C21H23FN4O. The van der Waals surface area contributed by atoms with E-state index in [2.05, 4.69) is 20.6 Å². The first-order valence-electron chi connectivity index (χ1n) is 8.76. The molecule has 5 nitrogen and oxygen atoms in total. The summed E-state index contributed by atoms with van der Waals surface area (Å²) < 4.78 is 19.4. The van der Waals surface area contributed by atoms with E-state index in [0.29, 0.717) is 30.5 Å². The second kappa shape index (κ2) is 8.49. The van der Waals surface area contributed by atoms with Gasteiger partial charge in [0, 0.05) is 19.2 Å². The summed E-state index contributed by atoms with van der Waals surface area (Å²) in [5.41, 5.74) is 3.67. The van der Waals surface area contributed by atoms with Gasteiger partial charge in [0.2, 0.25) is 5.89 Å². The van der Waals surface area contributed by atoms with Crippen LogP contribution in [0.15, 0.2) is 58.1 Å². The predicted molar refractivity (Wildman–Crippen MR) is 105 cm³/mol. The highest BCUT2D eigenvalue weighted by molar-refractivity contribution is 5.79. The van der Waals surface area contributed by atoms with Crippen molar-refractivity contribution < 1.29 is 8.81 Å². The van der Waals surface area contributed by atoms with E-state index >= 15 is 0 Å². The van der Waals surface area contributed by atoms with Gasteiger partial charge in [-0.1, -0.05) is 42.0 Å². The molecule has 0 fully saturated rings. The maximum atomic E-state index is 13.6. The molecule has 0 atom stereocenters. The van der Waals surface area contributed by atoms with Crippen molar-refractivity contribution in [3.8, 4) is 11.3 Å². The second-order valence-electron chi connectivity index (χ2n) is 6.35. The fourth-order valence-electron chi connectivity index (χ4n) is 2.56. The van der Waals surface area contributed by atoms with E-state index < -0.39 is 0 Å². The van der Waals surface area contributed by atoms with Crippen molar-refractivity contribution in [3.63, 3.8) is 0 Å². The molecule has 3 aromatic rings. The van der Waals surface area contributed by atoms with Crippen LogP contribution in [0.1, 0.15) is 22.6 Å². The molecule has 1 aromatic heterocycles. The maximum Gasteiger partial charge on any atom is 0.214 e. The minimum absolute atomic E-state index is 0.208. The number of aryl methyl sites for hydroxylation is 2. The van der Waals surface area contributed by atoms with Crippen LogP contribution >= 0.6 is 0 Å². The fourth-order valence-corrected chi connectivity index (χ4v) is 2.56. The molecule has 0 aliphatic carbocycles. The Labute approximate surface area is 158 Å². The van der Waals surface area contributed by atoms with Crippen LogP contribution in [0.5, 0.6) is 0 Å². The molecule has 27 heavy (non-hydrogen) atoms. The summed E-state index contributed by atoms with van der Waals surface area (Å²) in [5, 5.41) is 6.29. The predicted octanol–water partition coefficient (Wildman–Crippen LogP) is 3.96. The SMILES string of the molecule is CN=C(NCc1ccc(C)c(F)c1)NCc1ncc(-c2ccc(C)cc2)o1. The van der Waals surface area contributed by atoms with E-state index in [0.717, 1.165) is 16.9 Å². The Morgan fingerprint density at radius 2 is 1.81 bits per heavy atom. The highest BCUT2D eigenvalue weighted by Gasteiger charge is 2.07. The molecule has 1 heterocycles. The Morgan fingerprint density at radius 1 is 1.07 bits per heavy atom. The zero-order chi connectivity index (χ0) is 19.2. The Balaban J connectivity index is 1.55. The van der Waals surface area contributed by atoms with Crippen LogP contribution in [-0.2, 0) is 13.1 Å². The van der Waals surface area contributed by atoms with Crippen LogP contribution in [0.3, 0.4) is 0 Å². The monoisotopic (exact) mass is 366 g/mol. The van der Waals surface area contributed by atoms with Gasteiger partial charge in [-0.05, 0) is 31.0 Å². The van der Waals surface area contributed by atoms with Crippen LogP contribution in [-0.4, -0.2) is 18.0 Å². The molecule has 0 saturated carbocycles. The molecule has 0 aliphatic heterocycles. The number of guanidine groups is 1. The first-order valence-corrected chi connectivity index (χ1v) is 8.76. The second-order valence-corrected chi connectivity index (χ2v) is 6.35. The quantitative estimate of drug-likeness (QED) is 0.530. The van der Waals surface area contributed by atoms with Crippen LogP contribution in [0.25, 0.3) is 11.3 Å². The molecule has 0 radical (unpaired) electrons. The number of hydrogen-bond donors (Lipinski definition) is 2. The minimum Gasteiger partial charge on any atom is -0.439 e. The van der Waals surface area contributed by atoms with Crippen molar-refractivity contribution >= 4 is 5.96 Å². The van der Waals surface area contributed by atoms with E-state index in [1.807, 2.05) is 37.3 Å². The summed E-state index contributed by atoms with van der Waals surface area (Å²) in [6.07, 6.45) is 1.72. The molecule has 0 aliphatic rings. The van der Waals surface area contributed by atoms with Gasteiger partial charge in [-0.25, -0.2) is 9.37 Å². The Morgan fingerprint density at radius 3 is 2.52 bits per heavy atom. The number of hydrogen-bond acceptors (Lipinski definition) is 3. The van der Waals surface area contributed by atoms with Crippen molar-refractivity contribution in [2.75, 3.05) is 7.05 Å². The molecule has 0 saturated heterocycles. The lowest BCUT2D eigenvalue weighted by atomic mass is 10.1. The van der Waals surface area contributed by atoms with Crippen LogP contribution in [0.2, 0.25) is 0 Å². The lowest BCUT2D eigenvalue weighted by Crippen LogP contribution is -2.36. The molecule has 2 N–H and O–H groups in total. The minimum atomic E-state index is -0.208. The van der Waals surface area contributed by atoms with E-state index in [1.165, 1.54) is 11.6 Å². The van der Waals surface area contributed by atoms with Gasteiger partial charge in [-0.3, -0.25) is 4.99 Å². The maximum absolute atomic E-state index is 13.6. The van der Waals surface area contributed by atoms with E-state index in [4.69, 9.17) is 4.42 Å². The average Bonchev–Trinajstić information content (AvgIpc) is 3.14. The Bertz CT molecular complexity index is 932. The summed E-state index contributed by atoms with van der Waals surface area (Å²) in [7, 11) is 1.68. The number of aliphatic imine (C=N–C) groups is 1. The molecule has 0 amide bonds. The zero-order valence-electron chi connectivity index (χ0n) is 15.7. The third kappa shape index (κ3) is 4.94. The Hall–Kier alpha value is -3.15. The number of aromatic nitrogens is 1. The number of nitrogens with zero attached hydrogens (tertiary/aromatic N) is 2. The molecule has 0 spiro atoms. The van der Waals surface area contributed by atoms with E-state index in [1.54, 1.807) is 26.2 Å². The third-order valence-electron chi connectivity index (χ3n) is 4.22. The fraction of sp³-hybridized carbons (Fsp3) is 0.238. The van der Waals surface area contributed by atoms with Gasteiger partial charge in [-0.15, -0.1) is 0 Å². The molecule has 0 bridgehead atoms. The highest BCUT2D eigenvalue weighted by Crippen LogP contribution is 2.20. The molecule has 140 valence electrons. The standard InChI is InChI=1S/C21H23FN4O/c1-14-4-8-17(9-5-14)19-12-24-20(27-19)13-26-21(23-3)25-11-16-7-6-15(2)18(22)10-16/h4-10,12H,11,13H2,1-3H3,(H2,23,25,26). The summed E-state index contributed by atoms with van der Waals surface area (Å²) in [4.78, 5) is 8.46. The van der Waals surface area contributed by atoms with Crippen molar-refractivity contribution in [3.05, 3.63) is 77.1 Å². The van der Waals surface area contributed by atoms with Gasteiger partial charge in [0.15, 0.2) is 11.7 Å². The first kappa shape index (κ1) is 18.6. The third-order valence-corrected chi connectivity index (χ3v) is 4.22. The molecule has 2 aromatic carbocycles. The summed E-state index contributed by atoms with van der Waals surface area (Å²) in [5.74, 6) is 1.67. The Kier molecular flexibility index (Phi) is 5.86. The summed E-state index contributed by atoms with van der Waals surface area (Å²) in [6, 6.07) is 13.3. The molecule has 0 unspecified atom stereocenters. The normalized spacial score (nSPS) is 11.5. The van der Waals surface area contributed by atoms with Crippen molar-refractivity contribution in [1.29, 1.82) is 0 Å². The van der Waals surface area contributed by atoms with E-state index in [9.17, 15) is 4.39 Å². The van der Waals surface area contributed by atoms with Gasteiger partial charge in [-0.2, -0.15) is 0 Å². The van der Waals surface area contributed by atoms with Crippen LogP contribution in [0.4, 0.5) is 4.39 Å². The van der Waals surface area contributed by atoms with Crippen LogP contribution in [0, 0.1) is 19.7 Å². The highest BCUT2D eigenvalue weighted by atomic mass is 19.1. The van der Waals surface area contributed by atoms with E-state index in [-0.39, 0.29) is 5.82 Å². The van der Waals surface area contributed by atoms with Gasteiger partial charge in [0.1, 0.15) is 5.82 Å². The smallest absolute Gasteiger partial charge is 0.214 e. The lowest BCUT2D eigenvalue weighted by Gasteiger charge is -2.11. The summed E-state index contributed by atoms with van der Waals surface area (Å²) in [6.45, 7) is 4.65. The number of oxazole rings is 1.